The quantitative estimate of drug-likeness (QED) is 0.293. The van der Waals surface area contributed by atoms with Crippen LogP contribution in [-0.2, 0) is 17.6 Å². The maximum Gasteiger partial charge on any atom is 0.311 e. The summed E-state index contributed by atoms with van der Waals surface area (Å²) < 4.78 is 16.3. The van der Waals surface area contributed by atoms with Crippen LogP contribution in [-0.4, -0.2) is 16.9 Å². The molecule has 0 saturated carbocycles. The van der Waals surface area contributed by atoms with Crippen molar-refractivity contribution < 1.29 is 23.6 Å². The first-order valence-corrected chi connectivity index (χ1v) is 10.3. The number of carbonyl (C=O) groups is 2. The fourth-order valence-electron chi connectivity index (χ4n) is 3.28. The molecule has 0 saturated heterocycles. The summed E-state index contributed by atoms with van der Waals surface area (Å²) in [5.74, 6) is 0.871. The van der Waals surface area contributed by atoms with E-state index >= 15 is 0 Å². The topological polar surface area (TPSA) is 78.6 Å². The molecular weight excluding hydrogens is 418 g/mol. The summed E-state index contributed by atoms with van der Waals surface area (Å²) in [5.41, 5.74) is 3.14. The lowest BCUT2D eigenvalue weighted by atomic mass is 10.0. The van der Waals surface area contributed by atoms with Crippen LogP contribution in [0.4, 0.5) is 0 Å². The maximum atomic E-state index is 12.7. The molecule has 0 spiro atoms. The van der Waals surface area contributed by atoms with E-state index in [1.807, 2.05) is 24.3 Å². The second-order valence-corrected chi connectivity index (χ2v) is 7.58. The number of halogens is 1. The van der Waals surface area contributed by atoms with Gasteiger partial charge in [0.25, 0.3) is 0 Å². The molecule has 3 aromatic rings. The zero-order valence-electron chi connectivity index (χ0n) is 17.1. The predicted octanol–water partition coefficient (Wildman–Crippen LogP) is 5.35. The third kappa shape index (κ3) is 4.54. The average molecular weight is 438 g/mol. The summed E-state index contributed by atoms with van der Waals surface area (Å²) in [6, 6.07) is 12.7. The molecule has 1 aromatic heterocycles. The Morgan fingerprint density at radius 2 is 1.97 bits per heavy atom. The molecule has 0 amide bonds. The van der Waals surface area contributed by atoms with Gasteiger partial charge in [-0.15, -0.1) is 0 Å². The van der Waals surface area contributed by atoms with Crippen molar-refractivity contribution in [2.24, 2.45) is 0 Å². The third-order valence-corrected chi connectivity index (χ3v) is 5.23. The van der Waals surface area contributed by atoms with E-state index in [1.165, 1.54) is 5.56 Å². The van der Waals surface area contributed by atoms with Gasteiger partial charge in [-0.1, -0.05) is 47.9 Å². The van der Waals surface area contributed by atoms with Crippen molar-refractivity contribution in [3.63, 3.8) is 0 Å². The number of hydrogen-bond donors (Lipinski definition) is 0. The average Bonchev–Trinajstić information content (AvgIpc) is 3.33. The van der Waals surface area contributed by atoms with Gasteiger partial charge in [0.15, 0.2) is 10.9 Å². The van der Waals surface area contributed by atoms with Gasteiger partial charge in [-0.2, -0.15) is 0 Å². The lowest BCUT2D eigenvalue weighted by Gasteiger charge is -2.09. The van der Waals surface area contributed by atoms with Gasteiger partial charge in [0, 0.05) is 18.1 Å². The van der Waals surface area contributed by atoms with Gasteiger partial charge in [-0.25, -0.2) is 0 Å². The van der Waals surface area contributed by atoms with Crippen LogP contribution in [0, 0.1) is 6.92 Å². The van der Waals surface area contributed by atoms with Crippen molar-refractivity contribution >= 4 is 29.4 Å². The van der Waals surface area contributed by atoms with Crippen molar-refractivity contribution in [3.05, 3.63) is 81.4 Å². The van der Waals surface area contributed by atoms with Crippen LogP contribution in [0.1, 0.15) is 46.2 Å². The van der Waals surface area contributed by atoms with Gasteiger partial charge in [0.05, 0.1) is 12.0 Å². The van der Waals surface area contributed by atoms with Crippen LogP contribution in [0.2, 0.25) is 5.15 Å². The van der Waals surface area contributed by atoms with Crippen LogP contribution in [0.3, 0.4) is 0 Å². The number of benzene rings is 2. The highest BCUT2D eigenvalue weighted by Gasteiger charge is 2.30. The highest BCUT2D eigenvalue weighted by atomic mass is 35.5. The molecule has 4 rings (SSSR count). The van der Waals surface area contributed by atoms with E-state index < -0.39 is 5.97 Å². The molecule has 2 heterocycles. The normalized spacial score (nSPS) is 13.9. The first-order chi connectivity index (χ1) is 14.9. The standard InChI is InChI=1S/C24H20ClNO5/c1-3-15-4-6-16(7-5-15)12-20-23(28)18-9-10-19(14(2)24(18)30-20)29-22(27)11-8-17-13-21(25)26-31-17/h4-7,9-10,12-13H,3,8,11H2,1-2H3/b20-12-. The maximum absolute atomic E-state index is 12.7. The molecular formula is C24H20ClNO5. The molecule has 0 radical (unpaired) electrons. The number of carbonyl (C=O) groups excluding carboxylic acids is 2. The molecule has 0 bridgehead atoms. The molecule has 158 valence electrons. The number of ketones is 1. The van der Waals surface area contributed by atoms with Crippen LogP contribution in [0.5, 0.6) is 11.5 Å². The number of hydrogen-bond acceptors (Lipinski definition) is 6. The number of Topliss-reactive ketones (excluding diaryl/α,β-unsaturated/α-hetero) is 1. The van der Waals surface area contributed by atoms with Gasteiger partial charge in [-0.3, -0.25) is 9.59 Å². The molecule has 1 aliphatic heterocycles. The van der Waals surface area contributed by atoms with Gasteiger partial charge >= 0.3 is 5.97 Å². The molecule has 7 heteroatoms. The predicted molar refractivity (Wildman–Crippen MR) is 115 cm³/mol. The highest BCUT2D eigenvalue weighted by molar-refractivity contribution is 6.29. The van der Waals surface area contributed by atoms with Crippen molar-refractivity contribution in [3.8, 4) is 11.5 Å². The number of allylic oxidation sites excluding steroid dienone is 1. The number of esters is 1. The lowest BCUT2D eigenvalue weighted by molar-refractivity contribution is -0.134. The Labute approximate surface area is 184 Å². The van der Waals surface area contributed by atoms with E-state index in [2.05, 4.69) is 12.1 Å². The summed E-state index contributed by atoms with van der Waals surface area (Å²) in [4.78, 5) is 25.0. The number of ether oxygens (including phenoxy) is 2. The SMILES string of the molecule is CCc1ccc(/C=C2\Oc3c(ccc(OC(=O)CCc4cc(Cl)no4)c3C)C2=O)cc1. The summed E-state index contributed by atoms with van der Waals surface area (Å²) in [6.07, 6.45) is 3.09. The zero-order valence-corrected chi connectivity index (χ0v) is 17.9. The molecule has 2 aromatic carbocycles. The summed E-state index contributed by atoms with van der Waals surface area (Å²) in [5, 5.41) is 3.81. The molecule has 0 N–H and O–H groups in total. The van der Waals surface area contributed by atoms with Crippen LogP contribution >= 0.6 is 11.6 Å². The monoisotopic (exact) mass is 437 g/mol. The Hall–Kier alpha value is -3.38. The first kappa shape index (κ1) is 20.9. The van der Waals surface area contributed by atoms with E-state index in [0.717, 1.165) is 12.0 Å². The first-order valence-electron chi connectivity index (χ1n) is 9.93. The number of rotatable bonds is 6. The minimum absolute atomic E-state index is 0.0980. The minimum atomic E-state index is -0.438. The van der Waals surface area contributed by atoms with Crippen LogP contribution < -0.4 is 9.47 Å². The van der Waals surface area contributed by atoms with Crippen LogP contribution in [0.15, 0.2) is 52.7 Å². The molecule has 6 nitrogen and oxygen atoms in total. The smallest absolute Gasteiger partial charge is 0.311 e. The molecule has 0 atom stereocenters. The summed E-state index contributed by atoms with van der Waals surface area (Å²) in [7, 11) is 0. The largest absolute Gasteiger partial charge is 0.452 e. The summed E-state index contributed by atoms with van der Waals surface area (Å²) >= 11 is 5.70. The van der Waals surface area contributed by atoms with E-state index in [1.54, 1.807) is 31.2 Å². The van der Waals surface area contributed by atoms with Crippen LogP contribution in [0.25, 0.3) is 6.08 Å². The van der Waals surface area contributed by atoms with Gasteiger partial charge in [0.2, 0.25) is 5.78 Å². The number of nitrogens with zero attached hydrogens (tertiary/aromatic N) is 1. The van der Waals surface area contributed by atoms with E-state index in [4.69, 9.17) is 25.6 Å². The molecule has 0 aliphatic carbocycles. The molecule has 31 heavy (non-hydrogen) atoms. The Bertz CT molecular complexity index is 1180. The van der Waals surface area contributed by atoms with Crippen molar-refractivity contribution in [1.82, 2.24) is 5.16 Å². The molecule has 1 aliphatic rings. The Kier molecular flexibility index (Phi) is 5.91. The number of aryl methyl sites for hydroxylation is 2. The van der Waals surface area contributed by atoms with E-state index in [9.17, 15) is 9.59 Å². The third-order valence-electron chi connectivity index (χ3n) is 5.05. The number of fused-ring (bicyclic) bond motifs is 1. The summed E-state index contributed by atoms with van der Waals surface area (Å²) in [6.45, 7) is 3.84. The fraction of sp³-hybridized carbons (Fsp3) is 0.208. The van der Waals surface area contributed by atoms with E-state index in [-0.39, 0.29) is 23.1 Å². The zero-order chi connectivity index (χ0) is 22.0. The Morgan fingerprint density at radius 3 is 2.65 bits per heavy atom. The highest BCUT2D eigenvalue weighted by Crippen LogP contribution is 2.39. The Morgan fingerprint density at radius 1 is 1.19 bits per heavy atom. The van der Waals surface area contributed by atoms with Crippen molar-refractivity contribution in [1.29, 1.82) is 0 Å². The fourth-order valence-corrected chi connectivity index (χ4v) is 3.44. The van der Waals surface area contributed by atoms with Gasteiger partial charge in [-0.05, 0) is 42.7 Å². The Balaban J connectivity index is 1.47. The minimum Gasteiger partial charge on any atom is -0.452 e. The molecule has 0 unspecified atom stereocenters. The van der Waals surface area contributed by atoms with E-state index in [0.29, 0.717) is 34.8 Å². The second-order valence-electron chi connectivity index (χ2n) is 7.19. The van der Waals surface area contributed by atoms with Crippen molar-refractivity contribution in [2.45, 2.75) is 33.1 Å². The molecule has 0 fully saturated rings. The van der Waals surface area contributed by atoms with Gasteiger partial charge in [0.1, 0.15) is 17.3 Å². The van der Waals surface area contributed by atoms with Crippen molar-refractivity contribution in [2.75, 3.05) is 0 Å². The lowest BCUT2D eigenvalue weighted by Crippen LogP contribution is -2.10. The second kappa shape index (κ2) is 8.78. The van der Waals surface area contributed by atoms with Gasteiger partial charge < -0.3 is 14.0 Å². The number of aromatic nitrogens is 1.